The van der Waals surface area contributed by atoms with Crippen LogP contribution in [0.3, 0.4) is 0 Å². The minimum atomic E-state index is -3.35. The molecule has 0 aliphatic heterocycles. The molecule has 114 valence electrons. The highest BCUT2D eigenvalue weighted by atomic mass is 32.2. The fourth-order valence-electron chi connectivity index (χ4n) is 1.39. The van der Waals surface area contributed by atoms with Crippen LogP contribution in [0, 0.1) is 0 Å². The van der Waals surface area contributed by atoms with Gasteiger partial charge in [0.2, 0.25) is 15.9 Å². The molecule has 1 rings (SSSR count). The van der Waals surface area contributed by atoms with Gasteiger partial charge in [0.05, 0.1) is 24.5 Å². The molecule has 0 bridgehead atoms. The van der Waals surface area contributed by atoms with Crippen molar-refractivity contribution in [2.24, 2.45) is 0 Å². The van der Waals surface area contributed by atoms with Gasteiger partial charge in [0.15, 0.2) is 5.13 Å². The Hall–Kier alpha value is -1.19. The van der Waals surface area contributed by atoms with Gasteiger partial charge in [0.25, 0.3) is 0 Å². The van der Waals surface area contributed by atoms with Crippen LogP contribution in [-0.2, 0) is 21.2 Å². The van der Waals surface area contributed by atoms with Crippen LogP contribution < -0.4 is 4.72 Å². The Labute approximate surface area is 122 Å². The van der Waals surface area contributed by atoms with E-state index in [-0.39, 0.29) is 17.5 Å². The Morgan fingerprint density at radius 2 is 2.25 bits per heavy atom. The number of nitrogens with one attached hydrogen (secondary N) is 1. The number of likely N-dealkylation sites (N-methyl/N-ethyl adjacent to an activating group) is 1. The van der Waals surface area contributed by atoms with Crippen molar-refractivity contribution < 1.29 is 18.3 Å². The maximum absolute atomic E-state index is 11.9. The number of aliphatic hydroxyl groups excluding tert-OH is 1. The summed E-state index contributed by atoms with van der Waals surface area (Å²) in [6, 6.07) is 0. The Morgan fingerprint density at radius 1 is 1.60 bits per heavy atom. The van der Waals surface area contributed by atoms with E-state index in [9.17, 15) is 18.3 Å². The highest BCUT2D eigenvalue weighted by Gasteiger charge is 2.13. The van der Waals surface area contributed by atoms with Gasteiger partial charge in [-0.3, -0.25) is 9.52 Å². The zero-order chi connectivity index (χ0) is 15.3. The van der Waals surface area contributed by atoms with Crippen molar-refractivity contribution in [2.45, 2.75) is 25.9 Å². The summed E-state index contributed by atoms with van der Waals surface area (Å²) in [5.41, 5.74) is 0.523. The molecule has 0 fully saturated rings. The fraction of sp³-hybridized carbons (Fsp3) is 0.636. The quantitative estimate of drug-likeness (QED) is 0.752. The predicted octanol–water partition coefficient (Wildman–Crippen LogP) is 0.286. The molecule has 0 aromatic carbocycles. The number of carbonyl (C=O) groups excluding carboxylic acids is 1. The normalized spacial score (nSPS) is 13.0. The highest BCUT2D eigenvalue weighted by molar-refractivity contribution is 7.92. The van der Waals surface area contributed by atoms with Crippen molar-refractivity contribution >= 4 is 32.4 Å². The number of sulfonamides is 1. The number of carbonyl (C=O) groups is 1. The van der Waals surface area contributed by atoms with Gasteiger partial charge in [0, 0.05) is 19.0 Å². The summed E-state index contributed by atoms with van der Waals surface area (Å²) in [4.78, 5) is 17.5. The van der Waals surface area contributed by atoms with Crippen molar-refractivity contribution in [1.29, 1.82) is 0 Å². The van der Waals surface area contributed by atoms with Gasteiger partial charge in [-0.05, 0) is 13.3 Å². The second-order valence-electron chi connectivity index (χ2n) is 4.65. The van der Waals surface area contributed by atoms with Gasteiger partial charge < -0.3 is 10.0 Å². The monoisotopic (exact) mass is 321 g/mol. The average Bonchev–Trinajstić information content (AvgIpc) is 2.70. The van der Waals surface area contributed by atoms with Gasteiger partial charge in [-0.2, -0.15) is 0 Å². The van der Waals surface area contributed by atoms with E-state index < -0.39 is 16.1 Å². The summed E-state index contributed by atoms with van der Waals surface area (Å²) in [7, 11) is -1.69. The minimum absolute atomic E-state index is 0.109. The van der Waals surface area contributed by atoms with Gasteiger partial charge in [-0.15, -0.1) is 11.3 Å². The summed E-state index contributed by atoms with van der Waals surface area (Å²) >= 11 is 1.14. The molecule has 1 atom stereocenters. The first-order valence-corrected chi connectivity index (χ1v) is 8.78. The number of aromatic nitrogens is 1. The van der Waals surface area contributed by atoms with E-state index in [2.05, 4.69) is 9.71 Å². The topological polar surface area (TPSA) is 99.6 Å². The molecule has 1 amide bonds. The van der Waals surface area contributed by atoms with E-state index in [1.54, 1.807) is 19.4 Å². The van der Waals surface area contributed by atoms with Crippen molar-refractivity contribution in [2.75, 3.05) is 24.6 Å². The average molecular weight is 321 g/mol. The molecule has 20 heavy (non-hydrogen) atoms. The lowest BCUT2D eigenvalue weighted by Crippen LogP contribution is -2.30. The molecule has 0 saturated heterocycles. The Bertz CT molecular complexity index is 554. The SMILES string of the molecule is CC(O)CCN(C)C(=O)Cc1csc(NS(C)(=O)=O)n1. The van der Waals surface area contributed by atoms with E-state index in [4.69, 9.17) is 0 Å². The first-order chi connectivity index (χ1) is 9.17. The third-order valence-electron chi connectivity index (χ3n) is 2.46. The van der Waals surface area contributed by atoms with Gasteiger partial charge in [0.1, 0.15) is 0 Å². The van der Waals surface area contributed by atoms with Crippen molar-refractivity contribution in [1.82, 2.24) is 9.88 Å². The predicted molar refractivity (Wildman–Crippen MR) is 78.2 cm³/mol. The molecule has 0 aliphatic carbocycles. The molecular weight excluding hydrogens is 302 g/mol. The van der Waals surface area contributed by atoms with Crippen molar-refractivity contribution in [3.8, 4) is 0 Å². The summed E-state index contributed by atoms with van der Waals surface area (Å²) in [6.45, 7) is 2.14. The van der Waals surface area contributed by atoms with Crippen LogP contribution in [0.1, 0.15) is 19.0 Å². The zero-order valence-electron chi connectivity index (χ0n) is 11.7. The molecule has 1 aromatic rings. The van der Waals surface area contributed by atoms with Gasteiger partial charge in [-0.25, -0.2) is 13.4 Å². The number of aliphatic hydroxyl groups is 1. The Morgan fingerprint density at radius 3 is 2.80 bits per heavy atom. The Balaban J connectivity index is 2.54. The number of thiazole rings is 1. The molecule has 0 radical (unpaired) electrons. The third kappa shape index (κ3) is 6.31. The molecule has 1 heterocycles. The lowest BCUT2D eigenvalue weighted by molar-refractivity contribution is -0.129. The molecule has 1 aromatic heterocycles. The first kappa shape index (κ1) is 16.9. The lowest BCUT2D eigenvalue weighted by atomic mass is 10.2. The van der Waals surface area contributed by atoms with Crippen LogP contribution in [0.15, 0.2) is 5.38 Å². The van der Waals surface area contributed by atoms with E-state index in [0.717, 1.165) is 17.6 Å². The van der Waals surface area contributed by atoms with E-state index in [1.807, 2.05) is 0 Å². The number of hydrogen-bond acceptors (Lipinski definition) is 6. The number of anilines is 1. The van der Waals surface area contributed by atoms with Crippen LogP contribution in [0.25, 0.3) is 0 Å². The second kappa shape index (κ2) is 7.00. The molecule has 7 nitrogen and oxygen atoms in total. The number of nitrogens with zero attached hydrogens (tertiary/aromatic N) is 2. The summed E-state index contributed by atoms with van der Waals surface area (Å²) in [6.07, 6.45) is 1.22. The minimum Gasteiger partial charge on any atom is -0.393 e. The zero-order valence-corrected chi connectivity index (χ0v) is 13.3. The first-order valence-electron chi connectivity index (χ1n) is 6.01. The van der Waals surface area contributed by atoms with Crippen LogP contribution in [-0.4, -0.2) is 55.3 Å². The summed E-state index contributed by atoms with van der Waals surface area (Å²) < 4.78 is 24.4. The molecule has 0 saturated carbocycles. The number of rotatable bonds is 7. The third-order valence-corrected chi connectivity index (χ3v) is 3.96. The lowest BCUT2D eigenvalue weighted by Gasteiger charge is -2.17. The van der Waals surface area contributed by atoms with E-state index in [0.29, 0.717) is 18.7 Å². The summed E-state index contributed by atoms with van der Waals surface area (Å²) in [5, 5.41) is 11.1. The van der Waals surface area contributed by atoms with E-state index in [1.165, 1.54) is 4.90 Å². The van der Waals surface area contributed by atoms with Gasteiger partial charge in [-0.1, -0.05) is 0 Å². The second-order valence-corrected chi connectivity index (χ2v) is 7.25. The molecule has 1 unspecified atom stereocenters. The van der Waals surface area contributed by atoms with E-state index >= 15 is 0 Å². The fourth-order valence-corrected chi connectivity index (χ4v) is 2.95. The standard InChI is InChI=1S/C11H19N3O4S2/c1-8(15)4-5-14(2)10(16)6-9-7-19-11(12-9)13-20(3,17)18/h7-8,15H,4-6H2,1-3H3,(H,12,13). The summed E-state index contributed by atoms with van der Waals surface area (Å²) in [5.74, 6) is -0.123. The Kier molecular flexibility index (Phi) is 5.90. The van der Waals surface area contributed by atoms with Crippen molar-refractivity contribution in [3.05, 3.63) is 11.1 Å². The van der Waals surface area contributed by atoms with Crippen molar-refractivity contribution in [3.63, 3.8) is 0 Å². The van der Waals surface area contributed by atoms with Crippen LogP contribution in [0.4, 0.5) is 5.13 Å². The van der Waals surface area contributed by atoms with Crippen LogP contribution in [0.5, 0.6) is 0 Å². The largest absolute Gasteiger partial charge is 0.393 e. The van der Waals surface area contributed by atoms with Crippen LogP contribution >= 0.6 is 11.3 Å². The number of hydrogen-bond donors (Lipinski definition) is 2. The van der Waals surface area contributed by atoms with Crippen LogP contribution in [0.2, 0.25) is 0 Å². The molecule has 0 aliphatic rings. The number of amides is 1. The maximum Gasteiger partial charge on any atom is 0.231 e. The molecule has 2 N–H and O–H groups in total. The molecular formula is C11H19N3O4S2. The smallest absolute Gasteiger partial charge is 0.231 e. The molecule has 9 heteroatoms. The highest BCUT2D eigenvalue weighted by Crippen LogP contribution is 2.17. The maximum atomic E-state index is 11.9. The molecule has 0 spiro atoms. The van der Waals surface area contributed by atoms with Gasteiger partial charge >= 0.3 is 0 Å².